The highest BCUT2D eigenvalue weighted by Crippen LogP contribution is 2.19. The number of allylic oxidation sites excluding steroid dienone is 2. The summed E-state index contributed by atoms with van der Waals surface area (Å²) in [5.74, 6) is 0.0191. The first kappa shape index (κ1) is 19.7. The molecule has 0 bridgehead atoms. The van der Waals surface area contributed by atoms with Crippen molar-refractivity contribution in [1.29, 1.82) is 0 Å². The SMILES string of the molecule is C/C=C/CN(/C=C(\C)c1ccc(C(=O)N2CCCC2)cc1)C(=O)c1ccc[nH]1. The summed E-state index contributed by atoms with van der Waals surface area (Å²) >= 11 is 0. The Morgan fingerprint density at radius 2 is 1.79 bits per heavy atom. The molecule has 1 aromatic carbocycles. The first-order valence-electron chi connectivity index (χ1n) is 9.74. The zero-order chi connectivity index (χ0) is 19.9. The smallest absolute Gasteiger partial charge is 0.274 e. The van der Waals surface area contributed by atoms with Crippen molar-refractivity contribution in [1.82, 2.24) is 14.8 Å². The molecule has 3 rings (SSSR count). The number of carbonyl (C=O) groups excluding carboxylic acids is 2. The minimum Gasteiger partial charge on any atom is -0.357 e. The normalized spacial score (nSPS) is 14.6. The molecule has 5 nitrogen and oxygen atoms in total. The van der Waals surface area contributed by atoms with Crippen LogP contribution in [0.25, 0.3) is 5.57 Å². The molecule has 0 atom stereocenters. The first-order chi connectivity index (χ1) is 13.6. The van der Waals surface area contributed by atoms with Crippen LogP contribution < -0.4 is 0 Å². The lowest BCUT2D eigenvalue weighted by atomic mass is 10.1. The Kier molecular flexibility index (Phi) is 6.48. The number of H-pyrrole nitrogens is 1. The van der Waals surface area contributed by atoms with Crippen molar-refractivity contribution in [2.45, 2.75) is 26.7 Å². The lowest BCUT2D eigenvalue weighted by Crippen LogP contribution is -2.27. The second kappa shape index (κ2) is 9.22. The molecule has 0 spiro atoms. The molecule has 0 aliphatic carbocycles. The highest BCUT2D eigenvalue weighted by atomic mass is 16.2. The van der Waals surface area contributed by atoms with Crippen LogP contribution in [0.2, 0.25) is 0 Å². The third-order valence-electron chi connectivity index (χ3n) is 4.96. The number of nitrogens with zero attached hydrogens (tertiary/aromatic N) is 2. The number of amides is 2. The summed E-state index contributed by atoms with van der Waals surface area (Å²) in [7, 11) is 0. The van der Waals surface area contributed by atoms with E-state index in [1.54, 1.807) is 17.2 Å². The van der Waals surface area contributed by atoms with Crippen molar-refractivity contribution < 1.29 is 9.59 Å². The highest BCUT2D eigenvalue weighted by molar-refractivity contribution is 5.95. The van der Waals surface area contributed by atoms with E-state index in [2.05, 4.69) is 4.98 Å². The lowest BCUT2D eigenvalue weighted by molar-refractivity contribution is 0.0791. The van der Waals surface area contributed by atoms with Gasteiger partial charge in [-0.2, -0.15) is 0 Å². The Hall–Kier alpha value is -3.08. The number of rotatable bonds is 6. The summed E-state index contributed by atoms with van der Waals surface area (Å²) < 4.78 is 0. The fourth-order valence-corrected chi connectivity index (χ4v) is 3.32. The third kappa shape index (κ3) is 4.60. The van der Waals surface area contributed by atoms with E-state index < -0.39 is 0 Å². The summed E-state index contributed by atoms with van der Waals surface area (Å²) in [5.41, 5.74) is 3.22. The second-order valence-corrected chi connectivity index (χ2v) is 7.00. The van der Waals surface area contributed by atoms with Gasteiger partial charge >= 0.3 is 0 Å². The number of aromatic amines is 1. The van der Waals surface area contributed by atoms with Gasteiger partial charge in [-0.1, -0.05) is 24.3 Å². The van der Waals surface area contributed by atoms with Gasteiger partial charge in [0.15, 0.2) is 0 Å². The van der Waals surface area contributed by atoms with Gasteiger partial charge in [0.25, 0.3) is 11.8 Å². The maximum atomic E-state index is 12.7. The van der Waals surface area contributed by atoms with E-state index in [1.807, 2.05) is 67.4 Å². The van der Waals surface area contributed by atoms with Gasteiger partial charge in [-0.05, 0) is 62.1 Å². The van der Waals surface area contributed by atoms with Crippen molar-refractivity contribution >= 4 is 17.4 Å². The fraction of sp³-hybridized carbons (Fsp3) is 0.304. The van der Waals surface area contributed by atoms with E-state index in [-0.39, 0.29) is 11.8 Å². The Morgan fingerprint density at radius 1 is 1.11 bits per heavy atom. The molecule has 2 amide bonds. The Labute approximate surface area is 166 Å². The number of aromatic nitrogens is 1. The number of hydrogen-bond donors (Lipinski definition) is 1. The Morgan fingerprint density at radius 3 is 2.39 bits per heavy atom. The van der Waals surface area contributed by atoms with Crippen LogP contribution in [0.4, 0.5) is 0 Å². The van der Waals surface area contributed by atoms with Crippen LogP contribution in [0.3, 0.4) is 0 Å². The molecule has 1 aliphatic rings. The van der Waals surface area contributed by atoms with Gasteiger partial charge in [0.2, 0.25) is 0 Å². The summed E-state index contributed by atoms with van der Waals surface area (Å²) in [6.45, 7) is 6.10. The molecule has 1 aliphatic heterocycles. The lowest BCUT2D eigenvalue weighted by Gasteiger charge is -2.18. The predicted octanol–water partition coefficient (Wildman–Crippen LogP) is 4.33. The maximum Gasteiger partial charge on any atom is 0.274 e. The van der Waals surface area contributed by atoms with Crippen molar-refractivity contribution in [3.05, 3.63) is 77.8 Å². The van der Waals surface area contributed by atoms with Crippen LogP contribution in [0, 0.1) is 0 Å². The molecule has 1 aromatic heterocycles. The second-order valence-electron chi connectivity index (χ2n) is 7.00. The van der Waals surface area contributed by atoms with Crippen LogP contribution in [-0.2, 0) is 0 Å². The highest BCUT2D eigenvalue weighted by Gasteiger charge is 2.19. The van der Waals surface area contributed by atoms with Crippen LogP contribution >= 0.6 is 0 Å². The number of carbonyl (C=O) groups is 2. The number of benzene rings is 1. The number of nitrogens with one attached hydrogen (secondary N) is 1. The summed E-state index contributed by atoms with van der Waals surface area (Å²) in [4.78, 5) is 31.8. The summed E-state index contributed by atoms with van der Waals surface area (Å²) in [6.07, 6.45) is 9.65. The molecular formula is C23H27N3O2. The Bertz CT molecular complexity index is 858. The zero-order valence-electron chi connectivity index (χ0n) is 16.5. The quantitative estimate of drug-likeness (QED) is 0.762. The first-order valence-corrected chi connectivity index (χ1v) is 9.74. The molecule has 2 aromatic rings. The maximum absolute atomic E-state index is 12.7. The Balaban J connectivity index is 1.77. The zero-order valence-corrected chi connectivity index (χ0v) is 16.5. The summed E-state index contributed by atoms with van der Waals surface area (Å²) in [5, 5.41) is 0. The minimum absolute atomic E-state index is 0.0803. The fourth-order valence-electron chi connectivity index (χ4n) is 3.32. The predicted molar refractivity (Wildman–Crippen MR) is 112 cm³/mol. The topological polar surface area (TPSA) is 56.4 Å². The molecule has 0 radical (unpaired) electrons. The van der Waals surface area contributed by atoms with Gasteiger partial charge in [0.1, 0.15) is 5.69 Å². The molecule has 1 fully saturated rings. The van der Waals surface area contributed by atoms with E-state index in [0.29, 0.717) is 17.8 Å². The van der Waals surface area contributed by atoms with Gasteiger partial charge in [-0.25, -0.2) is 0 Å². The average Bonchev–Trinajstić information content (AvgIpc) is 3.44. The number of likely N-dealkylation sites (tertiary alicyclic amines) is 1. The van der Waals surface area contributed by atoms with Crippen molar-refractivity contribution in [2.24, 2.45) is 0 Å². The van der Waals surface area contributed by atoms with Crippen LogP contribution in [0.1, 0.15) is 53.1 Å². The van der Waals surface area contributed by atoms with Crippen molar-refractivity contribution in [3.8, 4) is 0 Å². The molecule has 28 heavy (non-hydrogen) atoms. The molecular weight excluding hydrogens is 350 g/mol. The molecule has 0 unspecified atom stereocenters. The molecule has 1 N–H and O–H groups in total. The average molecular weight is 377 g/mol. The molecule has 2 heterocycles. The largest absolute Gasteiger partial charge is 0.357 e. The standard InChI is InChI=1S/C23H27N3O2/c1-3-4-14-26(23(28)21-8-7-13-24-21)17-18(2)19-9-11-20(12-10-19)22(27)25-15-5-6-16-25/h3-4,7-13,17,24H,5-6,14-16H2,1-2H3/b4-3+,18-17+. The van der Waals surface area contributed by atoms with Gasteiger partial charge in [0.05, 0.1) is 0 Å². The van der Waals surface area contributed by atoms with Crippen LogP contribution in [0.5, 0.6) is 0 Å². The van der Waals surface area contributed by atoms with E-state index in [4.69, 9.17) is 0 Å². The molecule has 1 saturated heterocycles. The van der Waals surface area contributed by atoms with Crippen molar-refractivity contribution in [3.63, 3.8) is 0 Å². The van der Waals surface area contributed by atoms with Gasteiger partial charge < -0.3 is 14.8 Å². The van der Waals surface area contributed by atoms with E-state index in [1.165, 1.54) is 0 Å². The van der Waals surface area contributed by atoms with E-state index in [0.717, 1.165) is 37.1 Å². The molecule has 5 heteroatoms. The number of hydrogen-bond acceptors (Lipinski definition) is 2. The molecule has 0 saturated carbocycles. The van der Waals surface area contributed by atoms with Gasteiger partial charge in [-0.3, -0.25) is 9.59 Å². The van der Waals surface area contributed by atoms with Crippen LogP contribution in [0.15, 0.2) is 60.9 Å². The van der Waals surface area contributed by atoms with Gasteiger partial charge in [-0.15, -0.1) is 0 Å². The molecule has 146 valence electrons. The van der Waals surface area contributed by atoms with Crippen molar-refractivity contribution in [2.75, 3.05) is 19.6 Å². The monoisotopic (exact) mass is 377 g/mol. The van der Waals surface area contributed by atoms with E-state index in [9.17, 15) is 9.59 Å². The van der Waals surface area contributed by atoms with Gasteiger partial charge in [0, 0.05) is 37.6 Å². The third-order valence-corrected chi connectivity index (χ3v) is 4.96. The van der Waals surface area contributed by atoms with Crippen LogP contribution in [-0.4, -0.2) is 46.2 Å². The summed E-state index contributed by atoms with van der Waals surface area (Å²) in [6, 6.07) is 11.2. The minimum atomic E-state index is -0.0803. The van der Waals surface area contributed by atoms with E-state index >= 15 is 0 Å².